The molecule has 22 heavy (non-hydrogen) atoms. The first-order valence-electron chi connectivity index (χ1n) is 7.41. The molecule has 2 N–H and O–H groups in total. The van der Waals surface area contributed by atoms with Gasteiger partial charge in [0, 0.05) is 11.5 Å². The fourth-order valence-corrected chi connectivity index (χ4v) is 3.01. The lowest BCUT2D eigenvalue weighted by Crippen LogP contribution is -2.31. The molecular weight excluding hydrogens is 276 g/mol. The number of rotatable bonds is 3. The summed E-state index contributed by atoms with van der Waals surface area (Å²) in [4.78, 5) is 0. The zero-order chi connectivity index (χ0) is 15.7. The van der Waals surface area contributed by atoms with Gasteiger partial charge in [-0.1, -0.05) is 44.2 Å². The van der Waals surface area contributed by atoms with Crippen molar-refractivity contribution in [2.24, 2.45) is 11.8 Å². The predicted octanol–water partition coefficient (Wildman–Crippen LogP) is 3.72. The summed E-state index contributed by atoms with van der Waals surface area (Å²) in [5.74, 6) is 0.205. The second-order valence-electron chi connectivity index (χ2n) is 5.99. The Bertz CT molecular complexity index is 727. The highest BCUT2D eigenvalue weighted by Crippen LogP contribution is 2.44. The maximum absolute atomic E-state index is 9.47. The number of ether oxygens (including phenoxy) is 1. The lowest BCUT2D eigenvalue weighted by atomic mass is 9.78. The monoisotopic (exact) mass is 294 g/mol. The van der Waals surface area contributed by atoms with Gasteiger partial charge in [-0.15, -0.1) is 5.10 Å². The summed E-state index contributed by atoms with van der Waals surface area (Å²) in [7, 11) is 0. The van der Waals surface area contributed by atoms with Crippen LogP contribution in [0.1, 0.15) is 31.7 Å². The molecule has 0 saturated carbocycles. The molecule has 0 radical (unpaired) electrons. The zero-order valence-electron chi connectivity index (χ0n) is 12.6. The number of nitrogens with one attached hydrogen (secondary N) is 2. The predicted molar refractivity (Wildman–Crippen MR) is 83.7 cm³/mol. The van der Waals surface area contributed by atoms with E-state index in [4.69, 9.17) is 10.1 Å². The van der Waals surface area contributed by atoms with E-state index in [1.807, 2.05) is 30.3 Å². The van der Waals surface area contributed by atoms with Crippen LogP contribution in [-0.2, 0) is 0 Å². The van der Waals surface area contributed by atoms with Crippen molar-refractivity contribution >= 4 is 5.90 Å². The van der Waals surface area contributed by atoms with Gasteiger partial charge in [0.05, 0.1) is 11.8 Å². The average molecular weight is 294 g/mol. The number of nitriles is 1. The van der Waals surface area contributed by atoms with Gasteiger partial charge in [0.25, 0.3) is 0 Å². The Morgan fingerprint density at radius 3 is 2.73 bits per heavy atom. The van der Waals surface area contributed by atoms with Crippen LogP contribution in [0.3, 0.4) is 0 Å². The Morgan fingerprint density at radius 2 is 2.09 bits per heavy atom. The lowest BCUT2D eigenvalue weighted by Gasteiger charge is -2.28. The second kappa shape index (κ2) is 5.64. The van der Waals surface area contributed by atoms with Gasteiger partial charge in [-0.3, -0.25) is 10.5 Å². The van der Waals surface area contributed by atoms with Gasteiger partial charge in [-0.25, -0.2) is 0 Å². The molecule has 0 bridgehead atoms. The summed E-state index contributed by atoms with van der Waals surface area (Å²) >= 11 is 0. The fraction of sp³-hybridized carbons (Fsp3) is 0.353. The van der Waals surface area contributed by atoms with Crippen LogP contribution in [0.5, 0.6) is 5.88 Å². The summed E-state index contributed by atoms with van der Waals surface area (Å²) in [5, 5.41) is 24.7. The van der Waals surface area contributed by atoms with Crippen molar-refractivity contribution in [3.63, 3.8) is 0 Å². The van der Waals surface area contributed by atoms with Crippen molar-refractivity contribution in [1.29, 1.82) is 10.7 Å². The number of benzene rings is 1. The smallest absolute Gasteiger partial charge is 0.243 e. The standard InChI is InChI=1S/C17H18N4O/c1-10(2)8-12-13(9-18)16(19)22-17-14(12)15(20-21-17)11-6-4-3-5-7-11/h3-7,10,12-13,19H,8H2,1-2H3,(H,20,21). The van der Waals surface area contributed by atoms with Gasteiger partial charge in [-0.2, -0.15) is 5.26 Å². The van der Waals surface area contributed by atoms with E-state index in [0.717, 1.165) is 23.2 Å². The molecular formula is C17H18N4O. The molecule has 1 aromatic heterocycles. The number of H-pyrrole nitrogens is 1. The first-order valence-corrected chi connectivity index (χ1v) is 7.41. The van der Waals surface area contributed by atoms with Gasteiger partial charge in [0.1, 0.15) is 5.92 Å². The van der Waals surface area contributed by atoms with Crippen molar-refractivity contribution in [3.05, 3.63) is 35.9 Å². The molecule has 0 spiro atoms. The average Bonchev–Trinajstić information content (AvgIpc) is 2.91. The highest BCUT2D eigenvalue weighted by molar-refractivity contribution is 5.85. The number of nitrogens with zero attached hydrogens (tertiary/aromatic N) is 2. The van der Waals surface area contributed by atoms with Crippen LogP contribution in [0.2, 0.25) is 0 Å². The molecule has 2 heterocycles. The van der Waals surface area contributed by atoms with Crippen molar-refractivity contribution in [2.75, 3.05) is 0 Å². The van der Waals surface area contributed by atoms with E-state index < -0.39 is 5.92 Å². The molecule has 3 rings (SSSR count). The van der Waals surface area contributed by atoms with E-state index in [1.54, 1.807) is 0 Å². The highest BCUT2D eigenvalue weighted by Gasteiger charge is 2.39. The third-order valence-electron chi connectivity index (χ3n) is 3.96. The number of fused-ring (bicyclic) bond motifs is 1. The number of aromatic nitrogens is 2. The third-order valence-corrected chi connectivity index (χ3v) is 3.96. The normalized spacial score (nSPS) is 20.4. The molecule has 0 aliphatic carbocycles. The van der Waals surface area contributed by atoms with Crippen molar-refractivity contribution in [3.8, 4) is 23.2 Å². The van der Waals surface area contributed by atoms with Crippen molar-refractivity contribution in [1.82, 2.24) is 10.2 Å². The first kappa shape index (κ1) is 14.3. The number of aromatic amines is 1. The van der Waals surface area contributed by atoms with Crippen LogP contribution in [0, 0.1) is 28.6 Å². The maximum atomic E-state index is 9.47. The van der Waals surface area contributed by atoms with E-state index in [0.29, 0.717) is 11.8 Å². The van der Waals surface area contributed by atoms with Gasteiger partial charge < -0.3 is 4.74 Å². The molecule has 0 amide bonds. The van der Waals surface area contributed by atoms with Crippen LogP contribution < -0.4 is 4.74 Å². The molecule has 0 saturated heterocycles. The number of hydrogen-bond acceptors (Lipinski definition) is 4. The van der Waals surface area contributed by atoms with Gasteiger partial charge in [0.2, 0.25) is 11.8 Å². The molecule has 5 nitrogen and oxygen atoms in total. The van der Waals surface area contributed by atoms with Gasteiger partial charge in [0.15, 0.2) is 0 Å². The van der Waals surface area contributed by atoms with E-state index in [1.165, 1.54) is 0 Å². The minimum Gasteiger partial charge on any atom is -0.422 e. The van der Waals surface area contributed by atoms with E-state index in [9.17, 15) is 5.26 Å². The molecule has 5 heteroatoms. The van der Waals surface area contributed by atoms with Crippen LogP contribution >= 0.6 is 0 Å². The van der Waals surface area contributed by atoms with Crippen LogP contribution in [-0.4, -0.2) is 16.1 Å². The van der Waals surface area contributed by atoms with Gasteiger partial charge >= 0.3 is 0 Å². The Balaban J connectivity index is 2.13. The lowest BCUT2D eigenvalue weighted by molar-refractivity contribution is 0.381. The van der Waals surface area contributed by atoms with Crippen LogP contribution in [0.25, 0.3) is 11.3 Å². The molecule has 2 aromatic rings. The Labute approximate surface area is 129 Å². The first-order chi connectivity index (χ1) is 10.6. The quantitative estimate of drug-likeness (QED) is 0.904. The maximum Gasteiger partial charge on any atom is 0.243 e. The SMILES string of the molecule is CC(C)CC1c2c(n[nH]c2-c2ccccc2)OC(=N)C1C#N. The summed E-state index contributed by atoms with van der Waals surface area (Å²) in [5.41, 5.74) is 2.81. The van der Waals surface area contributed by atoms with Crippen LogP contribution in [0.15, 0.2) is 30.3 Å². The minimum atomic E-state index is -0.560. The molecule has 2 unspecified atom stereocenters. The van der Waals surface area contributed by atoms with Crippen molar-refractivity contribution in [2.45, 2.75) is 26.2 Å². The van der Waals surface area contributed by atoms with Crippen LogP contribution in [0.4, 0.5) is 0 Å². The molecule has 0 fully saturated rings. The molecule has 1 aromatic carbocycles. The minimum absolute atomic E-state index is 0.00763. The summed E-state index contributed by atoms with van der Waals surface area (Å²) in [6.45, 7) is 4.24. The fourth-order valence-electron chi connectivity index (χ4n) is 3.01. The van der Waals surface area contributed by atoms with Crippen molar-refractivity contribution < 1.29 is 4.74 Å². The molecule has 112 valence electrons. The van der Waals surface area contributed by atoms with Gasteiger partial charge in [-0.05, 0) is 17.9 Å². The zero-order valence-corrected chi connectivity index (χ0v) is 12.6. The molecule has 1 aliphatic heterocycles. The third kappa shape index (κ3) is 2.37. The number of hydrogen-bond donors (Lipinski definition) is 2. The summed E-state index contributed by atoms with van der Waals surface area (Å²) in [6, 6.07) is 12.1. The molecule has 1 aliphatic rings. The largest absolute Gasteiger partial charge is 0.422 e. The highest BCUT2D eigenvalue weighted by atomic mass is 16.5. The molecule has 2 atom stereocenters. The Morgan fingerprint density at radius 1 is 1.36 bits per heavy atom. The van der Waals surface area contributed by atoms with E-state index in [-0.39, 0.29) is 11.8 Å². The topological polar surface area (TPSA) is 85.5 Å². The summed E-state index contributed by atoms with van der Waals surface area (Å²) < 4.78 is 5.47. The summed E-state index contributed by atoms with van der Waals surface area (Å²) in [6.07, 6.45) is 0.816. The second-order valence-corrected chi connectivity index (χ2v) is 5.99. The Kier molecular flexibility index (Phi) is 3.68. The van der Waals surface area contributed by atoms with E-state index >= 15 is 0 Å². The Hall–Kier alpha value is -2.61. The van der Waals surface area contributed by atoms with E-state index in [2.05, 4.69) is 30.1 Å².